The summed E-state index contributed by atoms with van der Waals surface area (Å²) in [6.45, 7) is 0.0595. The van der Waals surface area contributed by atoms with E-state index in [1.165, 1.54) is 18.2 Å². The molecule has 2 aromatic carbocycles. The molecule has 1 aliphatic rings. The molecule has 0 aromatic heterocycles. The topological polar surface area (TPSA) is 131 Å². The minimum absolute atomic E-state index is 0.0447. The molecule has 1 aliphatic heterocycles. The van der Waals surface area contributed by atoms with Gasteiger partial charge < -0.3 is 24.7 Å². The largest absolute Gasteiger partial charge is 0.550 e. The van der Waals surface area contributed by atoms with E-state index in [1.54, 1.807) is 18.2 Å². The maximum Gasteiger partial charge on any atom is 0.270 e. The summed E-state index contributed by atoms with van der Waals surface area (Å²) in [7, 11) is 0. The third-order valence-electron chi connectivity index (χ3n) is 3.79. The fraction of sp³-hybridized carbons (Fsp3) is 0.176. The Morgan fingerprint density at radius 2 is 1.92 bits per heavy atom. The van der Waals surface area contributed by atoms with Crippen molar-refractivity contribution < 1.29 is 29.1 Å². The van der Waals surface area contributed by atoms with Gasteiger partial charge in [-0.2, -0.15) is 0 Å². The van der Waals surface area contributed by atoms with Crippen LogP contribution in [-0.4, -0.2) is 23.6 Å². The van der Waals surface area contributed by atoms with E-state index in [2.05, 4.69) is 5.32 Å². The van der Waals surface area contributed by atoms with Crippen LogP contribution in [0.5, 0.6) is 11.5 Å². The normalized spacial score (nSPS) is 13.1. The molecule has 1 amide bonds. The lowest BCUT2D eigenvalue weighted by molar-refractivity contribution is -0.384. The van der Waals surface area contributed by atoms with Crippen molar-refractivity contribution in [1.29, 1.82) is 0 Å². The number of carboxylic acid groups (broad SMARTS) is 1. The van der Waals surface area contributed by atoms with Crippen molar-refractivity contribution in [3.05, 3.63) is 63.7 Å². The lowest BCUT2D eigenvalue weighted by atomic mass is 10.0. The van der Waals surface area contributed by atoms with Crippen molar-refractivity contribution in [2.24, 2.45) is 0 Å². The zero-order valence-corrected chi connectivity index (χ0v) is 13.3. The van der Waals surface area contributed by atoms with Gasteiger partial charge in [0.15, 0.2) is 11.5 Å². The molecule has 2 aromatic rings. The Balaban J connectivity index is 1.84. The molecular weight excluding hydrogens is 344 g/mol. The maximum atomic E-state index is 12.4. The van der Waals surface area contributed by atoms with Gasteiger partial charge in [-0.25, -0.2) is 0 Å². The minimum Gasteiger partial charge on any atom is -0.550 e. The Kier molecular flexibility index (Phi) is 4.70. The Morgan fingerprint density at radius 3 is 2.65 bits per heavy atom. The van der Waals surface area contributed by atoms with Gasteiger partial charge in [-0.05, 0) is 23.8 Å². The highest BCUT2D eigenvalue weighted by molar-refractivity contribution is 5.95. The number of hydrogen-bond donors (Lipinski definition) is 1. The molecule has 0 radical (unpaired) electrons. The molecule has 26 heavy (non-hydrogen) atoms. The number of amides is 1. The van der Waals surface area contributed by atoms with E-state index in [-0.39, 0.29) is 18.0 Å². The number of nitro benzene ring substituents is 1. The van der Waals surface area contributed by atoms with Gasteiger partial charge in [0.1, 0.15) is 0 Å². The van der Waals surface area contributed by atoms with Crippen molar-refractivity contribution in [3.8, 4) is 11.5 Å². The summed E-state index contributed by atoms with van der Waals surface area (Å²) in [5.74, 6) is -1.04. The first-order valence-electron chi connectivity index (χ1n) is 7.59. The van der Waals surface area contributed by atoms with Gasteiger partial charge in [0.25, 0.3) is 11.6 Å². The highest BCUT2D eigenvalue weighted by atomic mass is 16.7. The lowest BCUT2D eigenvalue weighted by Gasteiger charge is -2.20. The number of aliphatic carboxylic acids is 1. The average Bonchev–Trinajstić information content (AvgIpc) is 3.08. The second-order valence-corrected chi connectivity index (χ2v) is 5.52. The first kappa shape index (κ1) is 17.2. The number of benzene rings is 2. The SMILES string of the molecule is O=C([O-])C[C@@H](NC(=O)c1cccc([N+](=O)[O-])c1)c1ccc2c(c1)OCO2. The lowest BCUT2D eigenvalue weighted by Crippen LogP contribution is -2.34. The molecule has 1 atom stereocenters. The predicted molar refractivity (Wildman–Crippen MR) is 85.5 cm³/mol. The number of non-ortho nitro benzene ring substituents is 1. The van der Waals surface area contributed by atoms with E-state index < -0.39 is 29.3 Å². The second-order valence-electron chi connectivity index (χ2n) is 5.52. The molecule has 0 fully saturated rings. The summed E-state index contributed by atoms with van der Waals surface area (Å²) < 4.78 is 10.5. The molecule has 0 saturated carbocycles. The van der Waals surface area contributed by atoms with E-state index in [0.29, 0.717) is 17.1 Å². The summed E-state index contributed by atoms with van der Waals surface area (Å²) in [5, 5.41) is 24.5. The summed E-state index contributed by atoms with van der Waals surface area (Å²) >= 11 is 0. The van der Waals surface area contributed by atoms with Crippen molar-refractivity contribution in [2.75, 3.05) is 6.79 Å². The maximum absolute atomic E-state index is 12.4. The van der Waals surface area contributed by atoms with Gasteiger partial charge in [0.2, 0.25) is 6.79 Å². The number of carbonyl (C=O) groups is 2. The van der Waals surface area contributed by atoms with E-state index in [0.717, 1.165) is 6.07 Å². The van der Waals surface area contributed by atoms with Gasteiger partial charge in [-0.3, -0.25) is 14.9 Å². The summed E-state index contributed by atoms with van der Waals surface area (Å²) in [5.41, 5.74) is 0.290. The molecule has 0 unspecified atom stereocenters. The number of nitro groups is 1. The number of carboxylic acids is 1. The van der Waals surface area contributed by atoms with Gasteiger partial charge >= 0.3 is 0 Å². The molecule has 0 saturated heterocycles. The van der Waals surface area contributed by atoms with Crippen LogP contribution in [0.25, 0.3) is 0 Å². The monoisotopic (exact) mass is 357 g/mol. The smallest absolute Gasteiger partial charge is 0.270 e. The molecule has 9 nitrogen and oxygen atoms in total. The highest BCUT2D eigenvalue weighted by Crippen LogP contribution is 2.34. The van der Waals surface area contributed by atoms with E-state index >= 15 is 0 Å². The van der Waals surface area contributed by atoms with Crippen LogP contribution in [0.2, 0.25) is 0 Å². The third-order valence-corrected chi connectivity index (χ3v) is 3.79. The van der Waals surface area contributed by atoms with Crippen molar-refractivity contribution >= 4 is 17.6 Å². The van der Waals surface area contributed by atoms with Crippen molar-refractivity contribution in [1.82, 2.24) is 5.32 Å². The van der Waals surface area contributed by atoms with Crippen LogP contribution < -0.4 is 19.9 Å². The van der Waals surface area contributed by atoms with Crippen LogP contribution in [0.15, 0.2) is 42.5 Å². The van der Waals surface area contributed by atoms with Gasteiger partial charge in [-0.1, -0.05) is 12.1 Å². The molecule has 1 N–H and O–H groups in total. The number of ether oxygens (including phenoxy) is 2. The van der Waals surface area contributed by atoms with Crippen LogP contribution in [0, 0.1) is 10.1 Å². The molecule has 0 bridgehead atoms. The fourth-order valence-electron chi connectivity index (χ4n) is 2.55. The van der Waals surface area contributed by atoms with Gasteiger partial charge in [0.05, 0.1) is 11.0 Å². The number of carbonyl (C=O) groups excluding carboxylic acids is 2. The Bertz CT molecular complexity index is 881. The Morgan fingerprint density at radius 1 is 1.15 bits per heavy atom. The van der Waals surface area contributed by atoms with Crippen LogP contribution in [0.4, 0.5) is 5.69 Å². The van der Waals surface area contributed by atoms with Crippen LogP contribution in [-0.2, 0) is 4.79 Å². The highest BCUT2D eigenvalue weighted by Gasteiger charge is 2.21. The minimum atomic E-state index is -1.35. The molecule has 0 spiro atoms. The standard InChI is InChI=1S/C17H14N2O7/c20-16(21)8-13(10-4-5-14-15(7-10)26-9-25-14)18-17(22)11-2-1-3-12(6-11)19(23)24/h1-7,13H,8-9H2,(H,18,22)(H,20,21)/p-1/t13-/m1/s1. The summed E-state index contributed by atoms with van der Waals surface area (Å²) in [6, 6.07) is 9.04. The van der Waals surface area contributed by atoms with Gasteiger partial charge in [0, 0.05) is 30.1 Å². The van der Waals surface area contributed by atoms with Gasteiger partial charge in [-0.15, -0.1) is 0 Å². The Hall–Kier alpha value is -3.62. The number of fused-ring (bicyclic) bond motifs is 1. The van der Waals surface area contributed by atoms with E-state index in [1.807, 2.05) is 0 Å². The summed E-state index contributed by atoms with van der Waals surface area (Å²) in [6.07, 6.45) is -0.472. The fourth-order valence-corrected chi connectivity index (χ4v) is 2.55. The van der Waals surface area contributed by atoms with E-state index in [9.17, 15) is 24.8 Å². The third kappa shape index (κ3) is 3.72. The molecule has 1 heterocycles. The number of hydrogen-bond acceptors (Lipinski definition) is 7. The molecular formula is C17H13N2O7-. The summed E-state index contributed by atoms with van der Waals surface area (Å²) in [4.78, 5) is 33.7. The zero-order valence-electron chi connectivity index (χ0n) is 13.3. The van der Waals surface area contributed by atoms with E-state index in [4.69, 9.17) is 9.47 Å². The molecule has 3 rings (SSSR count). The quantitative estimate of drug-likeness (QED) is 0.601. The van der Waals surface area contributed by atoms with Crippen LogP contribution in [0.1, 0.15) is 28.4 Å². The van der Waals surface area contributed by atoms with Crippen molar-refractivity contribution in [2.45, 2.75) is 12.5 Å². The second kappa shape index (κ2) is 7.09. The first-order valence-corrected chi connectivity index (χ1v) is 7.59. The molecule has 134 valence electrons. The van der Waals surface area contributed by atoms with Crippen molar-refractivity contribution in [3.63, 3.8) is 0 Å². The van der Waals surface area contributed by atoms with Crippen LogP contribution >= 0.6 is 0 Å². The number of nitrogens with one attached hydrogen (secondary N) is 1. The number of rotatable bonds is 6. The molecule has 0 aliphatic carbocycles. The average molecular weight is 357 g/mol. The predicted octanol–water partition coefficient (Wildman–Crippen LogP) is 0.935. The number of nitrogens with zero attached hydrogens (tertiary/aromatic N) is 1. The molecule has 9 heteroatoms. The first-order chi connectivity index (χ1) is 12.4. The van der Waals surface area contributed by atoms with Crippen LogP contribution in [0.3, 0.4) is 0 Å². The Labute approximate surface area is 147 Å². The zero-order chi connectivity index (χ0) is 18.7.